The molecule has 0 atom stereocenters. The second-order valence-corrected chi connectivity index (χ2v) is 4.07. The van der Waals surface area contributed by atoms with Gasteiger partial charge in [0, 0.05) is 6.20 Å². The Balaban J connectivity index is 2.32. The van der Waals surface area contributed by atoms with E-state index in [1.807, 2.05) is 13.0 Å². The van der Waals surface area contributed by atoms with Crippen LogP contribution < -0.4 is 15.6 Å². The van der Waals surface area contributed by atoms with Crippen molar-refractivity contribution in [1.82, 2.24) is 4.98 Å². The topological polar surface area (TPSA) is 71.2 Å². The first-order valence-electron chi connectivity index (χ1n) is 5.75. The van der Waals surface area contributed by atoms with E-state index < -0.39 is 11.5 Å². The molecule has 0 spiro atoms. The number of aromatic nitrogens is 1. The van der Waals surface area contributed by atoms with Crippen LogP contribution in [0, 0.1) is 6.92 Å². The van der Waals surface area contributed by atoms with E-state index in [2.05, 4.69) is 10.3 Å². The number of ether oxygens (including phenoxy) is 1. The van der Waals surface area contributed by atoms with Gasteiger partial charge in [-0.3, -0.25) is 9.59 Å². The highest BCUT2D eigenvalue weighted by Gasteiger charge is 2.12. The van der Waals surface area contributed by atoms with Crippen LogP contribution >= 0.6 is 0 Å². The molecule has 5 heteroatoms. The SMILES string of the molecule is COc1ccc(C)cc1NC(=O)c1ccc[nH]c1=O. The Hall–Kier alpha value is -2.56. The zero-order valence-electron chi connectivity index (χ0n) is 10.7. The van der Waals surface area contributed by atoms with Gasteiger partial charge in [0.2, 0.25) is 0 Å². The molecule has 2 N–H and O–H groups in total. The maximum atomic E-state index is 12.0. The highest BCUT2D eigenvalue weighted by atomic mass is 16.5. The lowest BCUT2D eigenvalue weighted by molar-refractivity contribution is 0.102. The quantitative estimate of drug-likeness (QED) is 0.883. The molecule has 0 saturated carbocycles. The number of rotatable bonds is 3. The van der Waals surface area contributed by atoms with Crippen molar-refractivity contribution < 1.29 is 9.53 Å². The summed E-state index contributed by atoms with van der Waals surface area (Å²) >= 11 is 0. The predicted octanol–water partition coefficient (Wildman–Crippen LogP) is 1.94. The number of H-pyrrole nitrogens is 1. The van der Waals surface area contributed by atoms with E-state index in [1.54, 1.807) is 18.2 Å². The molecule has 1 aromatic carbocycles. The third-order valence-corrected chi connectivity index (χ3v) is 2.67. The van der Waals surface area contributed by atoms with Gasteiger partial charge in [0.25, 0.3) is 11.5 Å². The summed E-state index contributed by atoms with van der Waals surface area (Å²) in [6.45, 7) is 1.91. The van der Waals surface area contributed by atoms with Gasteiger partial charge in [-0.05, 0) is 36.8 Å². The molecular weight excluding hydrogens is 244 g/mol. The minimum Gasteiger partial charge on any atom is -0.495 e. The Kier molecular flexibility index (Phi) is 3.66. The fourth-order valence-electron chi connectivity index (χ4n) is 1.71. The molecular formula is C14H14N2O3. The number of benzene rings is 1. The number of carbonyl (C=O) groups is 1. The van der Waals surface area contributed by atoms with Crippen LogP contribution in [0.5, 0.6) is 5.75 Å². The Morgan fingerprint density at radius 1 is 1.32 bits per heavy atom. The molecule has 0 aliphatic carbocycles. The molecule has 98 valence electrons. The normalized spacial score (nSPS) is 10.0. The molecule has 0 aliphatic rings. The second kappa shape index (κ2) is 5.39. The van der Waals surface area contributed by atoms with Crippen LogP contribution in [0.25, 0.3) is 0 Å². The van der Waals surface area contributed by atoms with Crippen LogP contribution in [0.4, 0.5) is 5.69 Å². The Morgan fingerprint density at radius 3 is 2.79 bits per heavy atom. The Bertz CT molecular complexity index is 662. The van der Waals surface area contributed by atoms with E-state index in [0.29, 0.717) is 11.4 Å². The first-order valence-corrected chi connectivity index (χ1v) is 5.75. The lowest BCUT2D eigenvalue weighted by Gasteiger charge is -2.10. The van der Waals surface area contributed by atoms with Crippen molar-refractivity contribution in [2.24, 2.45) is 0 Å². The summed E-state index contributed by atoms with van der Waals surface area (Å²) in [5.41, 5.74) is 1.16. The molecule has 5 nitrogen and oxygen atoms in total. The van der Waals surface area contributed by atoms with Crippen molar-refractivity contribution in [2.45, 2.75) is 6.92 Å². The number of anilines is 1. The maximum absolute atomic E-state index is 12.0. The van der Waals surface area contributed by atoms with E-state index in [0.717, 1.165) is 5.56 Å². The van der Waals surface area contributed by atoms with Crippen molar-refractivity contribution in [3.63, 3.8) is 0 Å². The first-order chi connectivity index (χ1) is 9.11. The van der Waals surface area contributed by atoms with Crippen LogP contribution in [0.1, 0.15) is 15.9 Å². The van der Waals surface area contributed by atoms with Gasteiger partial charge in [-0.1, -0.05) is 6.07 Å². The lowest BCUT2D eigenvalue weighted by atomic mass is 10.2. The number of hydrogen-bond acceptors (Lipinski definition) is 3. The van der Waals surface area contributed by atoms with Crippen LogP contribution in [-0.2, 0) is 0 Å². The molecule has 2 aromatic rings. The highest BCUT2D eigenvalue weighted by molar-refractivity contribution is 6.04. The number of carbonyl (C=O) groups excluding carboxylic acids is 1. The Labute approximate surface area is 110 Å². The summed E-state index contributed by atoms with van der Waals surface area (Å²) < 4.78 is 5.17. The summed E-state index contributed by atoms with van der Waals surface area (Å²) in [5, 5.41) is 2.68. The summed E-state index contributed by atoms with van der Waals surface area (Å²) in [6, 6.07) is 8.50. The fraction of sp³-hybridized carbons (Fsp3) is 0.143. The average Bonchev–Trinajstić information content (AvgIpc) is 2.39. The van der Waals surface area contributed by atoms with E-state index in [-0.39, 0.29) is 5.56 Å². The van der Waals surface area contributed by atoms with E-state index in [1.165, 1.54) is 19.4 Å². The molecule has 0 bridgehead atoms. The van der Waals surface area contributed by atoms with Gasteiger partial charge in [0.05, 0.1) is 12.8 Å². The van der Waals surface area contributed by atoms with Gasteiger partial charge in [0.1, 0.15) is 11.3 Å². The summed E-state index contributed by atoms with van der Waals surface area (Å²) in [7, 11) is 1.52. The van der Waals surface area contributed by atoms with E-state index >= 15 is 0 Å². The third-order valence-electron chi connectivity index (χ3n) is 2.67. The fourth-order valence-corrected chi connectivity index (χ4v) is 1.71. The smallest absolute Gasteiger partial charge is 0.261 e. The number of aromatic amines is 1. The number of pyridine rings is 1. The molecule has 1 amide bonds. The summed E-state index contributed by atoms with van der Waals surface area (Å²) in [6.07, 6.45) is 1.48. The number of methoxy groups -OCH3 is 1. The maximum Gasteiger partial charge on any atom is 0.261 e. The molecule has 0 aliphatic heterocycles. The van der Waals surface area contributed by atoms with Gasteiger partial charge in [-0.2, -0.15) is 0 Å². The van der Waals surface area contributed by atoms with Crippen LogP contribution in [0.15, 0.2) is 41.3 Å². The van der Waals surface area contributed by atoms with Gasteiger partial charge in [-0.15, -0.1) is 0 Å². The number of aryl methyl sites for hydroxylation is 1. The van der Waals surface area contributed by atoms with Crippen LogP contribution in [0.2, 0.25) is 0 Å². The van der Waals surface area contributed by atoms with Gasteiger partial charge >= 0.3 is 0 Å². The van der Waals surface area contributed by atoms with Crippen LogP contribution in [0.3, 0.4) is 0 Å². The second-order valence-electron chi connectivity index (χ2n) is 4.07. The number of hydrogen-bond donors (Lipinski definition) is 2. The largest absolute Gasteiger partial charge is 0.495 e. The summed E-state index contributed by atoms with van der Waals surface area (Å²) in [5.74, 6) is 0.0806. The molecule has 0 radical (unpaired) electrons. The van der Waals surface area contributed by atoms with Crippen molar-refractivity contribution in [3.05, 3.63) is 58.0 Å². The minimum atomic E-state index is -0.467. The van der Waals surface area contributed by atoms with E-state index in [9.17, 15) is 9.59 Å². The Morgan fingerprint density at radius 2 is 2.11 bits per heavy atom. The highest BCUT2D eigenvalue weighted by Crippen LogP contribution is 2.25. The predicted molar refractivity (Wildman–Crippen MR) is 72.7 cm³/mol. The molecule has 2 rings (SSSR count). The van der Waals surface area contributed by atoms with Crippen molar-refractivity contribution in [3.8, 4) is 5.75 Å². The van der Waals surface area contributed by atoms with Crippen molar-refractivity contribution in [2.75, 3.05) is 12.4 Å². The molecule has 19 heavy (non-hydrogen) atoms. The number of nitrogens with one attached hydrogen (secondary N) is 2. The van der Waals surface area contributed by atoms with Gasteiger partial charge in [0.15, 0.2) is 0 Å². The van der Waals surface area contributed by atoms with Crippen molar-refractivity contribution >= 4 is 11.6 Å². The van der Waals surface area contributed by atoms with Crippen LogP contribution in [-0.4, -0.2) is 18.0 Å². The third kappa shape index (κ3) is 2.82. The zero-order valence-corrected chi connectivity index (χ0v) is 10.7. The van der Waals surface area contributed by atoms with Gasteiger partial charge in [-0.25, -0.2) is 0 Å². The number of amides is 1. The molecule has 0 saturated heterocycles. The lowest BCUT2D eigenvalue weighted by Crippen LogP contribution is -2.22. The molecule has 1 aromatic heterocycles. The van der Waals surface area contributed by atoms with Crippen molar-refractivity contribution in [1.29, 1.82) is 0 Å². The summed E-state index contributed by atoms with van der Waals surface area (Å²) in [4.78, 5) is 26.0. The van der Waals surface area contributed by atoms with E-state index in [4.69, 9.17) is 4.74 Å². The first kappa shape index (κ1) is 12.9. The molecule has 0 unspecified atom stereocenters. The monoisotopic (exact) mass is 258 g/mol. The standard InChI is InChI=1S/C14H14N2O3/c1-9-5-6-12(19-2)11(8-9)16-14(18)10-4-3-7-15-13(10)17/h3-8H,1-2H3,(H,15,17)(H,16,18). The van der Waals surface area contributed by atoms with Gasteiger partial charge < -0.3 is 15.0 Å². The minimum absolute atomic E-state index is 0.0612. The molecule has 1 heterocycles. The zero-order chi connectivity index (χ0) is 13.8. The average molecular weight is 258 g/mol. The molecule has 0 fully saturated rings.